The molecule has 5 rings (SSSR count). The lowest BCUT2D eigenvalue weighted by Gasteiger charge is -2.06. The van der Waals surface area contributed by atoms with Crippen molar-refractivity contribution in [3.63, 3.8) is 0 Å². The summed E-state index contributed by atoms with van der Waals surface area (Å²) in [5, 5.41) is 2.37. The number of benzene rings is 4. The van der Waals surface area contributed by atoms with Crippen LogP contribution in [0.5, 0.6) is 0 Å². The van der Waals surface area contributed by atoms with E-state index in [2.05, 4.69) is 77.8 Å². The van der Waals surface area contributed by atoms with Crippen LogP contribution in [0.1, 0.15) is 0 Å². The Bertz CT molecular complexity index is 1240. The van der Waals surface area contributed by atoms with Crippen molar-refractivity contribution in [1.82, 2.24) is 4.98 Å². The van der Waals surface area contributed by atoms with Crippen molar-refractivity contribution >= 4 is 35.1 Å². The average molecular weight is 329 g/mol. The minimum atomic E-state index is 0.784. The third kappa shape index (κ3) is 2.43. The summed E-state index contributed by atoms with van der Waals surface area (Å²) in [7, 11) is 6.12. The van der Waals surface area contributed by atoms with Crippen LogP contribution in [0.3, 0.4) is 0 Å². The molecule has 0 unspecified atom stereocenters. The van der Waals surface area contributed by atoms with Crippen LogP contribution in [0.25, 0.3) is 44.1 Å². The first-order valence-electron chi connectivity index (χ1n) is 8.75. The maximum absolute atomic E-state index is 6.12. The first-order chi connectivity index (χ1) is 12.8. The van der Waals surface area contributed by atoms with E-state index in [1.807, 2.05) is 18.2 Å². The molecule has 1 nitrogen and oxygen atoms in total. The van der Waals surface area contributed by atoms with Gasteiger partial charge in [-0.3, -0.25) is 0 Å². The summed E-state index contributed by atoms with van der Waals surface area (Å²) in [5.41, 5.74) is 7.79. The average Bonchev–Trinajstić information content (AvgIpc) is 3.08. The molecular formula is C24H16BN. The third-order valence-corrected chi connectivity index (χ3v) is 4.97. The molecule has 120 valence electrons. The van der Waals surface area contributed by atoms with Crippen LogP contribution in [-0.2, 0) is 0 Å². The Morgan fingerprint density at radius 1 is 0.538 bits per heavy atom. The number of hydrogen-bond acceptors (Lipinski definition) is 0. The van der Waals surface area contributed by atoms with E-state index in [0.29, 0.717) is 0 Å². The number of nitrogens with one attached hydrogen (secondary N) is 1. The lowest BCUT2D eigenvalue weighted by molar-refractivity contribution is 1.55. The van der Waals surface area contributed by atoms with E-state index in [-0.39, 0.29) is 0 Å². The zero-order chi connectivity index (χ0) is 17.5. The summed E-state index contributed by atoms with van der Waals surface area (Å²) in [6.45, 7) is 0. The molecule has 26 heavy (non-hydrogen) atoms. The zero-order valence-corrected chi connectivity index (χ0v) is 14.2. The molecule has 0 fully saturated rings. The molecule has 2 radical (unpaired) electrons. The predicted octanol–water partition coefficient (Wildman–Crippen LogP) is 5.45. The Balaban J connectivity index is 1.68. The van der Waals surface area contributed by atoms with Crippen molar-refractivity contribution in [2.45, 2.75) is 0 Å². The molecular weight excluding hydrogens is 313 g/mol. The minimum Gasteiger partial charge on any atom is -0.355 e. The molecule has 2 heteroatoms. The first-order valence-corrected chi connectivity index (χ1v) is 8.75. The first kappa shape index (κ1) is 15.0. The van der Waals surface area contributed by atoms with Gasteiger partial charge in [-0.2, -0.15) is 0 Å². The van der Waals surface area contributed by atoms with Crippen LogP contribution in [0.2, 0.25) is 0 Å². The molecule has 0 spiro atoms. The Kier molecular flexibility index (Phi) is 3.43. The minimum absolute atomic E-state index is 0.784. The topological polar surface area (TPSA) is 15.8 Å². The molecule has 1 heterocycles. The highest BCUT2D eigenvalue weighted by Gasteiger charge is 2.08. The van der Waals surface area contributed by atoms with Gasteiger partial charge < -0.3 is 4.98 Å². The van der Waals surface area contributed by atoms with Crippen molar-refractivity contribution in [2.24, 2.45) is 0 Å². The zero-order valence-electron chi connectivity index (χ0n) is 14.2. The largest absolute Gasteiger partial charge is 0.355 e. The van der Waals surface area contributed by atoms with Crippen LogP contribution >= 0.6 is 0 Å². The van der Waals surface area contributed by atoms with Gasteiger partial charge in [0.05, 0.1) is 0 Å². The summed E-state index contributed by atoms with van der Waals surface area (Å²) < 4.78 is 0. The Hall–Kier alpha value is -3.26. The fourth-order valence-corrected chi connectivity index (χ4v) is 3.63. The molecule has 0 aliphatic carbocycles. The molecule has 0 aliphatic heterocycles. The van der Waals surface area contributed by atoms with Crippen LogP contribution in [0.15, 0.2) is 91.0 Å². The van der Waals surface area contributed by atoms with Gasteiger partial charge in [-0.05, 0) is 40.5 Å². The second-order valence-corrected chi connectivity index (χ2v) is 6.60. The number of aromatic amines is 1. The van der Waals surface area contributed by atoms with E-state index >= 15 is 0 Å². The summed E-state index contributed by atoms with van der Waals surface area (Å²) in [5.74, 6) is 0. The standard InChI is InChI=1S/C24H16BN/c25-22-11-5-10-20-21-15-19(12-13-23(21)26-24(20)22)18-9-4-8-17(14-18)16-6-2-1-3-7-16/h1-15,26H. The van der Waals surface area contributed by atoms with E-state index in [9.17, 15) is 0 Å². The van der Waals surface area contributed by atoms with Gasteiger partial charge in [-0.25, -0.2) is 0 Å². The predicted molar refractivity (Wildman–Crippen MR) is 112 cm³/mol. The van der Waals surface area contributed by atoms with E-state index in [1.165, 1.54) is 33.0 Å². The number of H-pyrrole nitrogens is 1. The number of rotatable bonds is 2. The van der Waals surface area contributed by atoms with Crippen molar-refractivity contribution in [1.29, 1.82) is 0 Å². The molecule has 0 atom stereocenters. The maximum Gasteiger partial charge on any atom is 0.116 e. The Morgan fingerprint density at radius 2 is 1.23 bits per heavy atom. The van der Waals surface area contributed by atoms with Gasteiger partial charge in [-0.1, -0.05) is 78.3 Å². The second kappa shape index (κ2) is 5.92. The van der Waals surface area contributed by atoms with E-state index in [1.54, 1.807) is 0 Å². The third-order valence-electron chi connectivity index (χ3n) is 4.97. The molecule has 0 saturated carbocycles. The molecule has 0 amide bonds. The van der Waals surface area contributed by atoms with Crippen molar-refractivity contribution in [3.05, 3.63) is 91.0 Å². The fourth-order valence-electron chi connectivity index (χ4n) is 3.63. The summed E-state index contributed by atoms with van der Waals surface area (Å²) >= 11 is 0. The monoisotopic (exact) mass is 329 g/mol. The van der Waals surface area contributed by atoms with Crippen LogP contribution < -0.4 is 5.46 Å². The number of hydrogen-bond donors (Lipinski definition) is 1. The number of aromatic nitrogens is 1. The number of para-hydroxylation sites is 1. The quantitative estimate of drug-likeness (QED) is 0.415. The highest BCUT2D eigenvalue weighted by molar-refractivity contribution is 6.39. The van der Waals surface area contributed by atoms with E-state index in [0.717, 1.165) is 16.5 Å². The summed E-state index contributed by atoms with van der Waals surface area (Å²) in [6.07, 6.45) is 0. The van der Waals surface area contributed by atoms with Gasteiger partial charge in [0.2, 0.25) is 0 Å². The fraction of sp³-hybridized carbons (Fsp3) is 0. The number of fused-ring (bicyclic) bond motifs is 3. The van der Waals surface area contributed by atoms with Gasteiger partial charge in [0, 0.05) is 21.8 Å². The van der Waals surface area contributed by atoms with Gasteiger partial charge in [-0.15, -0.1) is 0 Å². The smallest absolute Gasteiger partial charge is 0.116 e. The van der Waals surface area contributed by atoms with Crippen LogP contribution in [0.4, 0.5) is 0 Å². The summed E-state index contributed by atoms with van der Waals surface area (Å²) in [4.78, 5) is 3.44. The SMILES string of the molecule is [B]c1cccc2c1[nH]c1ccc(-c3cccc(-c4ccccc4)c3)cc12. The van der Waals surface area contributed by atoms with E-state index in [4.69, 9.17) is 7.85 Å². The van der Waals surface area contributed by atoms with Crippen molar-refractivity contribution < 1.29 is 0 Å². The Morgan fingerprint density at radius 3 is 2.08 bits per heavy atom. The molecule has 0 aliphatic rings. The van der Waals surface area contributed by atoms with Gasteiger partial charge in [0.25, 0.3) is 0 Å². The highest BCUT2D eigenvalue weighted by Crippen LogP contribution is 2.31. The van der Waals surface area contributed by atoms with Gasteiger partial charge >= 0.3 is 0 Å². The lowest BCUT2D eigenvalue weighted by Crippen LogP contribution is -2.01. The van der Waals surface area contributed by atoms with Crippen LogP contribution in [-0.4, -0.2) is 12.8 Å². The van der Waals surface area contributed by atoms with Gasteiger partial charge in [0.1, 0.15) is 7.85 Å². The molecule has 0 saturated heterocycles. The normalized spacial score (nSPS) is 11.2. The van der Waals surface area contributed by atoms with Crippen molar-refractivity contribution in [2.75, 3.05) is 0 Å². The van der Waals surface area contributed by atoms with Gasteiger partial charge in [0.15, 0.2) is 0 Å². The molecule has 4 aromatic carbocycles. The highest BCUT2D eigenvalue weighted by atomic mass is 14.7. The second-order valence-electron chi connectivity index (χ2n) is 6.60. The molecule has 0 bridgehead atoms. The summed E-state index contributed by atoms with van der Waals surface area (Å²) in [6, 6.07) is 31.8. The lowest BCUT2D eigenvalue weighted by atomic mass is 9.93. The van der Waals surface area contributed by atoms with E-state index < -0.39 is 0 Å². The molecule has 5 aromatic rings. The molecule has 1 N–H and O–H groups in total. The Labute approximate surface area is 153 Å². The van der Waals surface area contributed by atoms with Crippen molar-refractivity contribution in [3.8, 4) is 22.3 Å². The molecule has 1 aromatic heterocycles. The maximum atomic E-state index is 6.12. The van der Waals surface area contributed by atoms with Crippen LogP contribution in [0, 0.1) is 0 Å².